The number of methoxy groups -OCH3 is 1. The minimum Gasteiger partial charge on any atom is -0.493 e. The molecule has 0 bridgehead atoms. The monoisotopic (exact) mass is 536 g/mol. The van der Waals surface area contributed by atoms with Crippen molar-refractivity contribution in [1.82, 2.24) is 4.90 Å². The standard InChI is InChI=1S/C25H27FN2O3.C2HF3O2/c1-30-24-16-20(10-13-23(24)31-18-19-8-11-22(26)12-9-19)17-28(15-5-14-27)25(29)21-6-3-2-4-7-21;3-2(4,5)1(6)7/h2-4,6-13,16H,5,14-15,17-18,27H2,1H3;(H,6,7). The van der Waals surface area contributed by atoms with E-state index in [1.807, 2.05) is 48.5 Å². The zero-order chi connectivity index (χ0) is 28.1. The molecule has 11 heteroatoms. The van der Waals surface area contributed by atoms with E-state index in [-0.39, 0.29) is 11.7 Å². The molecule has 0 unspecified atom stereocenters. The largest absolute Gasteiger partial charge is 0.493 e. The molecule has 3 aromatic carbocycles. The van der Waals surface area contributed by atoms with Crippen LogP contribution >= 0.6 is 0 Å². The molecule has 0 aliphatic rings. The maximum absolute atomic E-state index is 13.1. The molecular formula is C27H28F4N2O5. The second-order valence-corrected chi connectivity index (χ2v) is 7.94. The van der Waals surface area contributed by atoms with Crippen LogP contribution in [0.1, 0.15) is 27.9 Å². The number of alkyl halides is 3. The van der Waals surface area contributed by atoms with Gasteiger partial charge in [0.2, 0.25) is 0 Å². The highest BCUT2D eigenvalue weighted by molar-refractivity contribution is 5.94. The number of carboxylic acids is 1. The van der Waals surface area contributed by atoms with Crippen LogP contribution in [0.2, 0.25) is 0 Å². The minimum atomic E-state index is -5.08. The Bertz CT molecular complexity index is 1170. The van der Waals surface area contributed by atoms with Crippen LogP contribution < -0.4 is 15.2 Å². The number of amides is 1. The lowest BCUT2D eigenvalue weighted by atomic mass is 10.1. The molecule has 0 atom stereocenters. The van der Waals surface area contributed by atoms with Crippen molar-refractivity contribution in [3.8, 4) is 11.5 Å². The molecule has 38 heavy (non-hydrogen) atoms. The lowest BCUT2D eigenvalue weighted by Crippen LogP contribution is -2.32. The van der Waals surface area contributed by atoms with E-state index in [0.29, 0.717) is 49.7 Å². The van der Waals surface area contributed by atoms with Crippen LogP contribution in [0.4, 0.5) is 17.6 Å². The van der Waals surface area contributed by atoms with Gasteiger partial charge in [0.15, 0.2) is 11.5 Å². The van der Waals surface area contributed by atoms with Gasteiger partial charge in [-0.15, -0.1) is 0 Å². The van der Waals surface area contributed by atoms with Gasteiger partial charge in [-0.05, 0) is 60.5 Å². The summed E-state index contributed by atoms with van der Waals surface area (Å²) in [5.41, 5.74) is 8.09. The van der Waals surface area contributed by atoms with Crippen molar-refractivity contribution >= 4 is 11.9 Å². The Hall–Kier alpha value is -4.12. The van der Waals surface area contributed by atoms with Gasteiger partial charge in [-0.1, -0.05) is 36.4 Å². The first kappa shape index (κ1) is 30.1. The van der Waals surface area contributed by atoms with E-state index >= 15 is 0 Å². The van der Waals surface area contributed by atoms with Gasteiger partial charge in [0.1, 0.15) is 12.4 Å². The lowest BCUT2D eigenvalue weighted by Gasteiger charge is -2.23. The third kappa shape index (κ3) is 9.74. The number of carbonyl (C=O) groups is 2. The predicted octanol–water partition coefficient (Wildman–Crippen LogP) is 5.04. The summed E-state index contributed by atoms with van der Waals surface area (Å²) in [6.45, 7) is 1.81. The van der Waals surface area contributed by atoms with Crippen molar-refractivity contribution in [2.24, 2.45) is 5.73 Å². The van der Waals surface area contributed by atoms with Crippen LogP contribution in [-0.4, -0.2) is 48.3 Å². The molecule has 0 fully saturated rings. The molecule has 7 nitrogen and oxygen atoms in total. The van der Waals surface area contributed by atoms with Crippen molar-refractivity contribution < 1.29 is 41.7 Å². The smallest absolute Gasteiger partial charge is 0.490 e. The molecule has 0 spiro atoms. The van der Waals surface area contributed by atoms with Crippen molar-refractivity contribution in [1.29, 1.82) is 0 Å². The molecule has 0 saturated heterocycles. The molecule has 0 aliphatic carbocycles. The molecule has 3 rings (SSSR count). The Morgan fingerprint density at radius 2 is 1.55 bits per heavy atom. The second kappa shape index (κ2) is 14.6. The summed E-state index contributed by atoms with van der Waals surface area (Å²) < 4.78 is 56.1. The zero-order valence-corrected chi connectivity index (χ0v) is 20.6. The fourth-order valence-electron chi connectivity index (χ4n) is 3.19. The highest BCUT2D eigenvalue weighted by Gasteiger charge is 2.38. The number of nitrogens with zero attached hydrogens (tertiary/aromatic N) is 1. The van der Waals surface area contributed by atoms with Gasteiger partial charge >= 0.3 is 12.1 Å². The van der Waals surface area contributed by atoms with Crippen LogP contribution in [0.3, 0.4) is 0 Å². The number of ether oxygens (including phenoxy) is 2. The number of nitrogens with two attached hydrogens (primary N) is 1. The van der Waals surface area contributed by atoms with Gasteiger partial charge in [0.25, 0.3) is 5.91 Å². The van der Waals surface area contributed by atoms with E-state index in [0.717, 1.165) is 11.1 Å². The van der Waals surface area contributed by atoms with Gasteiger partial charge < -0.3 is 25.2 Å². The van der Waals surface area contributed by atoms with Crippen LogP contribution in [0.5, 0.6) is 11.5 Å². The number of hydrogen-bond donors (Lipinski definition) is 2. The van der Waals surface area contributed by atoms with Gasteiger partial charge in [-0.25, -0.2) is 9.18 Å². The Morgan fingerprint density at radius 3 is 2.11 bits per heavy atom. The maximum Gasteiger partial charge on any atom is 0.490 e. The summed E-state index contributed by atoms with van der Waals surface area (Å²) in [4.78, 5) is 23.6. The van der Waals surface area contributed by atoms with Crippen LogP contribution in [-0.2, 0) is 17.9 Å². The first-order chi connectivity index (χ1) is 18.0. The van der Waals surface area contributed by atoms with Gasteiger partial charge in [-0.3, -0.25) is 4.79 Å². The quantitative estimate of drug-likeness (QED) is 0.352. The lowest BCUT2D eigenvalue weighted by molar-refractivity contribution is -0.192. The van der Waals surface area contributed by atoms with E-state index < -0.39 is 12.1 Å². The zero-order valence-electron chi connectivity index (χ0n) is 20.6. The van der Waals surface area contributed by atoms with Crippen molar-refractivity contribution in [3.63, 3.8) is 0 Å². The summed E-state index contributed by atoms with van der Waals surface area (Å²) in [6.07, 6.45) is -4.37. The van der Waals surface area contributed by atoms with E-state index in [2.05, 4.69) is 0 Å². The number of benzene rings is 3. The first-order valence-electron chi connectivity index (χ1n) is 11.4. The highest BCUT2D eigenvalue weighted by Crippen LogP contribution is 2.29. The summed E-state index contributed by atoms with van der Waals surface area (Å²) in [6, 6.07) is 21.0. The Kier molecular flexibility index (Phi) is 11.5. The van der Waals surface area contributed by atoms with Crippen LogP contribution in [0.25, 0.3) is 0 Å². The molecule has 3 aromatic rings. The number of hydrogen-bond acceptors (Lipinski definition) is 5. The van der Waals surface area contributed by atoms with Crippen molar-refractivity contribution in [2.75, 3.05) is 20.2 Å². The van der Waals surface area contributed by atoms with Crippen molar-refractivity contribution in [2.45, 2.75) is 25.7 Å². The topological polar surface area (TPSA) is 102 Å². The molecule has 0 aliphatic heterocycles. The fraction of sp³-hybridized carbons (Fsp3) is 0.259. The van der Waals surface area contributed by atoms with Crippen molar-refractivity contribution in [3.05, 3.63) is 95.3 Å². The van der Waals surface area contributed by atoms with Gasteiger partial charge in [-0.2, -0.15) is 13.2 Å². The van der Waals surface area contributed by atoms with Gasteiger partial charge in [0.05, 0.1) is 7.11 Å². The molecule has 0 saturated carbocycles. The van der Waals surface area contributed by atoms with Crippen LogP contribution in [0, 0.1) is 5.82 Å². The Labute approximate surface area is 217 Å². The predicted molar refractivity (Wildman–Crippen MR) is 132 cm³/mol. The number of carboxylic acid groups (broad SMARTS) is 1. The number of carbonyl (C=O) groups excluding carboxylic acids is 1. The number of halogens is 4. The fourth-order valence-corrected chi connectivity index (χ4v) is 3.19. The van der Waals surface area contributed by atoms with E-state index in [1.54, 1.807) is 24.1 Å². The molecule has 204 valence electrons. The molecule has 1 amide bonds. The Balaban J connectivity index is 0.000000638. The first-order valence-corrected chi connectivity index (χ1v) is 11.4. The summed E-state index contributed by atoms with van der Waals surface area (Å²) in [7, 11) is 1.57. The maximum atomic E-state index is 13.1. The normalized spacial score (nSPS) is 10.7. The van der Waals surface area contributed by atoms with E-state index in [9.17, 15) is 22.4 Å². The number of aliphatic carboxylic acids is 1. The number of rotatable bonds is 10. The molecule has 3 N–H and O–H groups in total. The molecule has 0 aromatic heterocycles. The molecule has 0 heterocycles. The average molecular weight is 537 g/mol. The summed E-state index contributed by atoms with van der Waals surface area (Å²) in [5, 5.41) is 7.12. The third-order valence-electron chi connectivity index (χ3n) is 5.09. The van der Waals surface area contributed by atoms with Gasteiger partial charge in [0, 0.05) is 18.7 Å². The molecular weight excluding hydrogens is 508 g/mol. The minimum absolute atomic E-state index is 0.0374. The third-order valence-corrected chi connectivity index (χ3v) is 5.09. The summed E-state index contributed by atoms with van der Waals surface area (Å²) in [5.74, 6) is -1.92. The highest BCUT2D eigenvalue weighted by atomic mass is 19.4. The average Bonchev–Trinajstić information content (AvgIpc) is 2.91. The van der Waals surface area contributed by atoms with E-state index in [1.165, 1.54) is 12.1 Å². The SMILES string of the molecule is COc1cc(CN(CCCN)C(=O)c2ccccc2)ccc1OCc1ccc(F)cc1.O=C(O)C(F)(F)F. The Morgan fingerprint density at radius 1 is 0.947 bits per heavy atom. The molecule has 0 radical (unpaired) electrons. The summed E-state index contributed by atoms with van der Waals surface area (Å²) >= 11 is 0. The second-order valence-electron chi connectivity index (χ2n) is 7.94. The van der Waals surface area contributed by atoms with Crippen LogP contribution in [0.15, 0.2) is 72.8 Å². The van der Waals surface area contributed by atoms with E-state index in [4.69, 9.17) is 25.1 Å².